The molecule has 5 heteroatoms. The summed E-state index contributed by atoms with van der Waals surface area (Å²) in [7, 11) is 0. The topological polar surface area (TPSA) is 20.2 Å². The van der Waals surface area contributed by atoms with Gasteiger partial charge in [0, 0.05) is 28.1 Å². The third-order valence-electron chi connectivity index (χ3n) is 3.06. The first kappa shape index (κ1) is 15.2. The second kappa shape index (κ2) is 6.08. The fourth-order valence-electron chi connectivity index (χ4n) is 1.95. The van der Waals surface area contributed by atoms with Crippen LogP contribution in [-0.2, 0) is 6.42 Å². The molecule has 0 aromatic heterocycles. The number of rotatable bonds is 3. The molecule has 0 heterocycles. The minimum absolute atomic E-state index is 0.0416. The molecule has 0 saturated heterocycles. The van der Waals surface area contributed by atoms with Crippen LogP contribution in [0.3, 0.4) is 0 Å². The molecule has 0 fully saturated rings. The summed E-state index contributed by atoms with van der Waals surface area (Å²) in [6.45, 7) is 1.51. The van der Waals surface area contributed by atoms with E-state index in [1.165, 1.54) is 13.0 Å². The Morgan fingerprint density at radius 3 is 2.50 bits per heavy atom. The van der Waals surface area contributed by atoms with Crippen molar-refractivity contribution in [2.75, 3.05) is 0 Å². The molecule has 106 valence electrons. The zero-order valence-corrected chi connectivity index (χ0v) is 12.1. The molecular weight excluding hydrogens is 305 g/mol. The van der Waals surface area contributed by atoms with Gasteiger partial charge in [-0.15, -0.1) is 0 Å². The highest BCUT2D eigenvalue weighted by Gasteiger charge is 2.17. The van der Waals surface area contributed by atoms with E-state index < -0.39 is 17.7 Å². The van der Waals surface area contributed by atoms with Crippen LogP contribution >= 0.6 is 23.2 Å². The molecule has 2 aromatic carbocycles. The first-order valence-corrected chi connectivity index (χ1v) is 6.71. The van der Waals surface area contributed by atoms with Crippen LogP contribution in [0.4, 0.5) is 8.78 Å². The summed E-state index contributed by atoms with van der Waals surface area (Å²) in [6, 6.07) is 6.92. The Balaban J connectivity index is 2.30. The largest absolute Gasteiger partial charge is 0.388 e. The summed E-state index contributed by atoms with van der Waals surface area (Å²) in [6.07, 6.45) is -1.02. The van der Waals surface area contributed by atoms with Crippen LogP contribution in [0, 0.1) is 18.6 Å². The third kappa shape index (κ3) is 3.29. The normalized spacial score (nSPS) is 12.5. The molecule has 20 heavy (non-hydrogen) atoms. The minimum Gasteiger partial charge on any atom is -0.388 e. The van der Waals surface area contributed by atoms with Crippen molar-refractivity contribution < 1.29 is 13.9 Å². The molecule has 0 bridgehead atoms. The predicted molar refractivity (Wildman–Crippen MR) is 76.2 cm³/mol. The first-order chi connectivity index (χ1) is 9.38. The molecule has 0 aliphatic carbocycles. The smallest absolute Gasteiger partial charge is 0.131 e. The Bertz CT molecular complexity index is 644. The molecule has 1 atom stereocenters. The van der Waals surface area contributed by atoms with Crippen molar-refractivity contribution in [1.82, 2.24) is 0 Å². The predicted octanol–water partition coefficient (Wildman–Crippen LogP) is 4.86. The van der Waals surface area contributed by atoms with E-state index >= 15 is 0 Å². The van der Waals surface area contributed by atoms with Crippen molar-refractivity contribution in [2.45, 2.75) is 19.4 Å². The fraction of sp³-hybridized carbons (Fsp3) is 0.200. The van der Waals surface area contributed by atoms with Gasteiger partial charge in [0.2, 0.25) is 0 Å². The van der Waals surface area contributed by atoms with E-state index in [2.05, 4.69) is 0 Å². The van der Waals surface area contributed by atoms with Crippen LogP contribution in [-0.4, -0.2) is 5.11 Å². The lowest BCUT2D eigenvalue weighted by Crippen LogP contribution is -2.06. The summed E-state index contributed by atoms with van der Waals surface area (Å²) in [5.74, 6) is -1.42. The van der Waals surface area contributed by atoms with E-state index in [9.17, 15) is 13.9 Å². The molecule has 0 aliphatic rings. The van der Waals surface area contributed by atoms with Gasteiger partial charge in [-0.3, -0.25) is 0 Å². The van der Waals surface area contributed by atoms with Crippen LogP contribution in [0.1, 0.15) is 22.8 Å². The number of hydrogen-bond donors (Lipinski definition) is 1. The van der Waals surface area contributed by atoms with Gasteiger partial charge in [-0.2, -0.15) is 0 Å². The highest BCUT2D eigenvalue weighted by Crippen LogP contribution is 2.28. The maximum Gasteiger partial charge on any atom is 0.131 e. The lowest BCUT2D eigenvalue weighted by molar-refractivity contribution is 0.173. The minimum atomic E-state index is -1.12. The van der Waals surface area contributed by atoms with Gasteiger partial charge in [0.15, 0.2) is 0 Å². The van der Waals surface area contributed by atoms with Crippen molar-refractivity contribution in [3.8, 4) is 0 Å². The van der Waals surface area contributed by atoms with E-state index in [1.807, 2.05) is 0 Å². The number of aryl methyl sites for hydroxylation is 1. The zero-order valence-electron chi connectivity index (χ0n) is 10.6. The average Bonchev–Trinajstić information content (AvgIpc) is 2.38. The SMILES string of the molecule is Cc1cc(C(O)Cc2cc(Cl)ccc2Cl)c(F)cc1F. The molecule has 0 aliphatic heterocycles. The van der Waals surface area contributed by atoms with Crippen molar-refractivity contribution in [2.24, 2.45) is 0 Å². The zero-order chi connectivity index (χ0) is 14.9. The summed E-state index contributed by atoms with van der Waals surface area (Å²) in [5, 5.41) is 11.0. The maximum absolute atomic E-state index is 13.7. The molecular formula is C15H12Cl2F2O. The van der Waals surface area contributed by atoms with E-state index in [0.717, 1.165) is 6.07 Å². The van der Waals surface area contributed by atoms with Gasteiger partial charge in [-0.25, -0.2) is 8.78 Å². The van der Waals surface area contributed by atoms with Crippen LogP contribution in [0.25, 0.3) is 0 Å². The molecule has 0 spiro atoms. The van der Waals surface area contributed by atoms with E-state index in [4.69, 9.17) is 23.2 Å². The van der Waals surface area contributed by atoms with Crippen LogP contribution in [0.2, 0.25) is 10.0 Å². The lowest BCUT2D eigenvalue weighted by atomic mass is 9.99. The van der Waals surface area contributed by atoms with Gasteiger partial charge in [0.1, 0.15) is 11.6 Å². The quantitative estimate of drug-likeness (QED) is 0.857. The molecule has 1 unspecified atom stereocenters. The van der Waals surface area contributed by atoms with Crippen LogP contribution < -0.4 is 0 Å². The van der Waals surface area contributed by atoms with Crippen molar-refractivity contribution in [1.29, 1.82) is 0 Å². The second-order valence-electron chi connectivity index (χ2n) is 4.58. The van der Waals surface area contributed by atoms with Crippen LogP contribution in [0.5, 0.6) is 0 Å². The van der Waals surface area contributed by atoms with Crippen LogP contribution in [0.15, 0.2) is 30.3 Å². The molecule has 2 aromatic rings. The number of halogens is 4. The maximum atomic E-state index is 13.7. The van der Waals surface area contributed by atoms with Crippen molar-refractivity contribution >= 4 is 23.2 Å². The van der Waals surface area contributed by atoms with Gasteiger partial charge in [-0.1, -0.05) is 23.2 Å². The Labute approximate surface area is 125 Å². The Morgan fingerprint density at radius 2 is 1.80 bits per heavy atom. The number of benzene rings is 2. The van der Waals surface area contributed by atoms with Crippen molar-refractivity contribution in [3.63, 3.8) is 0 Å². The van der Waals surface area contributed by atoms with Gasteiger partial charge >= 0.3 is 0 Å². The number of aliphatic hydroxyl groups excluding tert-OH is 1. The monoisotopic (exact) mass is 316 g/mol. The number of aliphatic hydroxyl groups is 1. The second-order valence-corrected chi connectivity index (χ2v) is 5.42. The van der Waals surface area contributed by atoms with Gasteiger partial charge in [-0.05, 0) is 42.3 Å². The number of hydrogen-bond acceptors (Lipinski definition) is 1. The van der Waals surface area contributed by atoms with Gasteiger partial charge in [0.25, 0.3) is 0 Å². The fourth-order valence-corrected chi connectivity index (χ4v) is 2.34. The Kier molecular flexibility index (Phi) is 4.63. The Hall–Kier alpha value is -1.16. The molecule has 1 nitrogen and oxygen atoms in total. The summed E-state index contributed by atoms with van der Waals surface area (Å²) in [4.78, 5) is 0. The first-order valence-electron chi connectivity index (χ1n) is 5.96. The lowest BCUT2D eigenvalue weighted by Gasteiger charge is -2.14. The van der Waals surface area contributed by atoms with E-state index in [-0.39, 0.29) is 17.5 Å². The van der Waals surface area contributed by atoms with E-state index in [0.29, 0.717) is 15.6 Å². The van der Waals surface area contributed by atoms with Gasteiger partial charge < -0.3 is 5.11 Å². The third-order valence-corrected chi connectivity index (χ3v) is 3.66. The van der Waals surface area contributed by atoms with Crippen molar-refractivity contribution in [3.05, 3.63) is 68.7 Å². The summed E-state index contributed by atoms with van der Waals surface area (Å²) in [5.41, 5.74) is 0.922. The highest BCUT2D eigenvalue weighted by atomic mass is 35.5. The molecule has 0 saturated carbocycles. The van der Waals surface area contributed by atoms with E-state index in [1.54, 1.807) is 18.2 Å². The average molecular weight is 317 g/mol. The molecule has 0 amide bonds. The standard InChI is InChI=1S/C15H12Cl2F2O/c1-8-4-11(14(19)7-13(8)18)15(20)6-9-5-10(16)2-3-12(9)17/h2-5,7,15,20H,6H2,1H3. The molecule has 2 rings (SSSR count). The molecule has 0 radical (unpaired) electrons. The summed E-state index contributed by atoms with van der Waals surface area (Å²) >= 11 is 11.9. The van der Waals surface area contributed by atoms with Gasteiger partial charge in [0.05, 0.1) is 6.10 Å². The summed E-state index contributed by atoms with van der Waals surface area (Å²) < 4.78 is 26.9. The highest BCUT2D eigenvalue weighted by molar-refractivity contribution is 6.33. The Morgan fingerprint density at radius 1 is 1.10 bits per heavy atom. The molecule has 1 N–H and O–H groups in total.